The summed E-state index contributed by atoms with van der Waals surface area (Å²) in [6.45, 7) is 6.26. The van der Waals surface area contributed by atoms with Crippen LogP contribution in [0.4, 0.5) is 0 Å². The highest BCUT2D eigenvalue weighted by Crippen LogP contribution is 2.33. The number of amides is 1. The molecule has 0 bridgehead atoms. The summed E-state index contributed by atoms with van der Waals surface area (Å²) in [4.78, 5) is 16.7. The third-order valence-electron chi connectivity index (χ3n) is 4.93. The largest absolute Gasteiger partial charge is 0.352 e. The monoisotopic (exact) mass is 407 g/mol. The van der Waals surface area contributed by atoms with E-state index in [1.165, 1.54) is 17.3 Å². The van der Waals surface area contributed by atoms with Crippen molar-refractivity contribution in [2.75, 3.05) is 0 Å². The lowest BCUT2D eigenvalue weighted by molar-refractivity contribution is -0.120. The highest BCUT2D eigenvalue weighted by Gasteiger charge is 2.28. The van der Waals surface area contributed by atoms with Gasteiger partial charge in [-0.25, -0.2) is 0 Å². The zero-order chi connectivity index (χ0) is 20.4. The van der Waals surface area contributed by atoms with Gasteiger partial charge in [-0.15, -0.1) is 10.2 Å². The Morgan fingerprint density at radius 1 is 1.14 bits per heavy atom. The first-order chi connectivity index (χ1) is 14.0. The van der Waals surface area contributed by atoms with Crippen LogP contribution in [0.1, 0.15) is 45.1 Å². The number of nitrogens with zero attached hydrogens (tertiary/aromatic N) is 4. The molecule has 0 spiro atoms. The van der Waals surface area contributed by atoms with Crippen molar-refractivity contribution >= 4 is 17.7 Å². The summed E-state index contributed by atoms with van der Waals surface area (Å²) in [5.74, 6) is 1.11. The van der Waals surface area contributed by atoms with Crippen molar-refractivity contribution in [2.45, 2.75) is 56.0 Å². The second-order valence-corrected chi connectivity index (χ2v) is 8.95. The van der Waals surface area contributed by atoms with Gasteiger partial charge in [0.1, 0.15) is 0 Å². The Labute approximate surface area is 175 Å². The summed E-state index contributed by atoms with van der Waals surface area (Å²) in [7, 11) is 0. The maximum atomic E-state index is 12.5. The summed E-state index contributed by atoms with van der Waals surface area (Å²) >= 11 is 1.44. The van der Waals surface area contributed by atoms with Crippen molar-refractivity contribution in [3.63, 3.8) is 0 Å². The van der Waals surface area contributed by atoms with E-state index in [1.54, 1.807) is 12.4 Å². The zero-order valence-electron chi connectivity index (χ0n) is 16.9. The minimum Gasteiger partial charge on any atom is -0.352 e. The lowest BCUT2D eigenvalue weighted by Crippen LogP contribution is -2.32. The molecular formula is C22H25N5OS. The second kappa shape index (κ2) is 8.37. The fourth-order valence-corrected chi connectivity index (χ4v) is 4.05. The fraction of sp³-hybridized carbons (Fsp3) is 0.364. The molecule has 1 aromatic carbocycles. The van der Waals surface area contributed by atoms with Crippen LogP contribution < -0.4 is 5.32 Å². The molecule has 6 nitrogen and oxygen atoms in total. The molecule has 3 aromatic rings. The van der Waals surface area contributed by atoms with Crippen molar-refractivity contribution in [1.29, 1.82) is 0 Å². The van der Waals surface area contributed by atoms with Crippen LogP contribution in [0, 0.1) is 0 Å². The predicted molar refractivity (Wildman–Crippen MR) is 115 cm³/mol. The molecule has 2 aromatic heterocycles. The number of carbonyl (C=O) groups excluding carboxylic acids is 1. The number of nitrogens with one attached hydrogen (secondary N) is 1. The fourth-order valence-electron chi connectivity index (χ4n) is 3.18. The Hall–Kier alpha value is -2.67. The number of hydrogen-bond donors (Lipinski definition) is 1. The molecule has 1 atom stereocenters. The number of para-hydroxylation sites is 1. The lowest BCUT2D eigenvalue weighted by atomic mass is 10.0. The van der Waals surface area contributed by atoms with Crippen LogP contribution in [0.15, 0.2) is 53.9 Å². The van der Waals surface area contributed by atoms with Crippen LogP contribution in [0.3, 0.4) is 0 Å². The van der Waals surface area contributed by atoms with Crippen LogP contribution in [0.2, 0.25) is 0 Å². The van der Waals surface area contributed by atoms with Gasteiger partial charge in [-0.05, 0) is 49.4 Å². The molecule has 0 radical (unpaired) electrons. The van der Waals surface area contributed by atoms with Gasteiger partial charge >= 0.3 is 0 Å². The van der Waals surface area contributed by atoms with E-state index < -0.39 is 0 Å². The highest BCUT2D eigenvalue weighted by atomic mass is 32.2. The molecule has 1 aliphatic carbocycles. The number of carbonyl (C=O) groups is 1. The quantitative estimate of drug-likeness (QED) is 0.594. The summed E-state index contributed by atoms with van der Waals surface area (Å²) in [6.07, 6.45) is 5.68. The Morgan fingerprint density at radius 2 is 1.93 bits per heavy atom. The van der Waals surface area contributed by atoms with E-state index in [0.29, 0.717) is 17.1 Å². The Bertz CT molecular complexity index is 997. The molecule has 1 N–H and O–H groups in total. The van der Waals surface area contributed by atoms with Crippen LogP contribution in [0.25, 0.3) is 17.1 Å². The maximum Gasteiger partial charge on any atom is 0.233 e. The topological polar surface area (TPSA) is 72.7 Å². The maximum absolute atomic E-state index is 12.5. The molecule has 2 heterocycles. The van der Waals surface area contributed by atoms with Gasteiger partial charge in [0.2, 0.25) is 5.91 Å². The average Bonchev–Trinajstić information content (AvgIpc) is 3.45. The summed E-state index contributed by atoms with van der Waals surface area (Å²) < 4.78 is 2.05. The van der Waals surface area contributed by atoms with Gasteiger partial charge in [-0.1, -0.05) is 43.8 Å². The normalized spacial score (nSPS) is 14.8. The molecular weight excluding hydrogens is 382 g/mol. The molecule has 150 valence electrons. The number of rotatable bonds is 7. The standard InChI is InChI=1S/C22H25N5OS/c1-14(2)18-8-4-5-9-19(18)27-20(16-7-6-12-23-13-16)25-26-22(27)29-15(3)21(28)24-17-10-11-17/h4-9,12-15,17H,10-11H2,1-3H3,(H,24,28)/t15-/m0/s1. The van der Waals surface area contributed by atoms with Crippen molar-refractivity contribution in [3.05, 3.63) is 54.4 Å². The molecule has 0 aliphatic heterocycles. The van der Waals surface area contributed by atoms with E-state index in [-0.39, 0.29) is 11.2 Å². The third kappa shape index (κ3) is 4.34. The van der Waals surface area contributed by atoms with Gasteiger partial charge in [-0.3, -0.25) is 14.3 Å². The first-order valence-corrected chi connectivity index (χ1v) is 10.8. The van der Waals surface area contributed by atoms with E-state index in [4.69, 9.17) is 0 Å². The minimum absolute atomic E-state index is 0.0483. The van der Waals surface area contributed by atoms with Crippen LogP contribution in [0.5, 0.6) is 0 Å². The Kier molecular flexibility index (Phi) is 5.67. The van der Waals surface area contributed by atoms with Gasteiger partial charge < -0.3 is 5.32 Å². The molecule has 1 fully saturated rings. The lowest BCUT2D eigenvalue weighted by Gasteiger charge is -2.18. The molecule has 1 aliphatic rings. The molecule has 4 rings (SSSR count). The number of hydrogen-bond acceptors (Lipinski definition) is 5. The average molecular weight is 408 g/mol. The molecule has 0 unspecified atom stereocenters. The van der Waals surface area contributed by atoms with E-state index >= 15 is 0 Å². The summed E-state index contributed by atoms with van der Waals surface area (Å²) in [6, 6.07) is 12.5. The van der Waals surface area contributed by atoms with Crippen LogP contribution in [-0.4, -0.2) is 36.9 Å². The number of pyridine rings is 1. The van der Waals surface area contributed by atoms with Gasteiger partial charge in [0.05, 0.1) is 10.9 Å². The molecule has 7 heteroatoms. The van der Waals surface area contributed by atoms with E-state index in [2.05, 4.69) is 51.0 Å². The van der Waals surface area contributed by atoms with Crippen molar-refractivity contribution in [2.24, 2.45) is 0 Å². The van der Waals surface area contributed by atoms with E-state index in [9.17, 15) is 4.79 Å². The predicted octanol–water partition coefficient (Wildman–Crippen LogP) is 4.21. The Morgan fingerprint density at radius 3 is 2.62 bits per heavy atom. The zero-order valence-corrected chi connectivity index (χ0v) is 17.7. The smallest absolute Gasteiger partial charge is 0.233 e. The van der Waals surface area contributed by atoms with Crippen LogP contribution in [-0.2, 0) is 4.79 Å². The van der Waals surface area contributed by atoms with Gasteiger partial charge in [0.25, 0.3) is 0 Å². The third-order valence-corrected chi connectivity index (χ3v) is 5.97. The van der Waals surface area contributed by atoms with Gasteiger partial charge in [0, 0.05) is 24.0 Å². The van der Waals surface area contributed by atoms with Crippen molar-refractivity contribution < 1.29 is 4.79 Å². The van der Waals surface area contributed by atoms with E-state index in [0.717, 1.165) is 29.9 Å². The van der Waals surface area contributed by atoms with Crippen LogP contribution >= 0.6 is 11.8 Å². The summed E-state index contributed by atoms with van der Waals surface area (Å²) in [5, 5.41) is 12.4. The first kappa shape index (κ1) is 19.6. The number of benzene rings is 1. The van der Waals surface area contributed by atoms with Crippen molar-refractivity contribution in [3.8, 4) is 17.1 Å². The van der Waals surface area contributed by atoms with Gasteiger partial charge in [0.15, 0.2) is 11.0 Å². The molecule has 29 heavy (non-hydrogen) atoms. The van der Waals surface area contributed by atoms with Gasteiger partial charge in [-0.2, -0.15) is 0 Å². The molecule has 0 saturated heterocycles. The van der Waals surface area contributed by atoms with Crippen molar-refractivity contribution in [1.82, 2.24) is 25.1 Å². The van der Waals surface area contributed by atoms with E-state index in [1.807, 2.05) is 31.2 Å². The first-order valence-electron chi connectivity index (χ1n) is 9.96. The highest BCUT2D eigenvalue weighted by molar-refractivity contribution is 8.00. The number of thioether (sulfide) groups is 1. The Balaban J connectivity index is 1.76. The summed E-state index contributed by atoms with van der Waals surface area (Å²) in [5.41, 5.74) is 3.12. The minimum atomic E-state index is -0.258. The SMILES string of the molecule is CC(C)c1ccccc1-n1c(S[C@@H](C)C(=O)NC2CC2)nnc1-c1cccnc1. The second-order valence-electron chi connectivity index (χ2n) is 7.64. The number of aromatic nitrogens is 4. The molecule has 1 amide bonds. The molecule has 1 saturated carbocycles.